The molecule has 2 rings (SSSR count). The number of nitrogens with one attached hydrogen (secondary N) is 1. The van der Waals surface area contributed by atoms with Gasteiger partial charge in [0.1, 0.15) is 5.69 Å². The van der Waals surface area contributed by atoms with Gasteiger partial charge in [-0.2, -0.15) is 4.98 Å². The van der Waals surface area contributed by atoms with E-state index in [4.69, 9.17) is 5.84 Å². The third-order valence-corrected chi connectivity index (χ3v) is 2.98. The predicted molar refractivity (Wildman–Crippen MR) is 79.8 cm³/mol. The second-order valence-electron chi connectivity index (χ2n) is 4.55. The Labute approximate surface area is 121 Å². The van der Waals surface area contributed by atoms with Crippen molar-refractivity contribution in [2.24, 2.45) is 5.84 Å². The van der Waals surface area contributed by atoms with Gasteiger partial charge in [0.15, 0.2) is 0 Å². The van der Waals surface area contributed by atoms with Crippen molar-refractivity contribution in [3.8, 4) is 0 Å². The molecule has 8 nitrogen and oxygen atoms in total. The SMILES string of the molecule is Cc1nc(NN)nc(N(C)Cc2ccccc2)c1[N+](=O)[O-]. The van der Waals surface area contributed by atoms with Gasteiger partial charge in [-0.1, -0.05) is 30.3 Å². The van der Waals surface area contributed by atoms with Gasteiger partial charge in [0.2, 0.25) is 11.8 Å². The second kappa shape index (κ2) is 6.14. The van der Waals surface area contributed by atoms with Gasteiger partial charge < -0.3 is 4.90 Å². The molecule has 0 unspecified atom stereocenters. The Hall–Kier alpha value is -2.74. The zero-order valence-corrected chi connectivity index (χ0v) is 11.8. The lowest BCUT2D eigenvalue weighted by molar-refractivity contribution is -0.385. The highest BCUT2D eigenvalue weighted by molar-refractivity contribution is 5.62. The highest BCUT2D eigenvalue weighted by Gasteiger charge is 2.24. The minimum Gasteiger partial charge on any atom is -0.349 e. The van der Waals surface area contributed by atoms with E-state index < -0.39 is 4.92 Å². The van der Waals surface area contributed by atoms with Gasteiger partial charge in [0.25, 0.3) is 0 Å². The van der Waals surface area contributed by atoms with Crippen molar-refractivity contribution in [2.45, 2.75) is 13.5 Å². The second-order valence-corrected chi connectivity index (χ2v) is 4.55. The molecule has 110 valence electrons. The van der Waals surface area contributed by atoms with Crippen LogP contribution in [0.2, 0.25) is 0 Å². The Kier molecular flexibility index (Phi) is 4.29. The maximum atomic E-state index is 11.2. The highest BCUT2D eigenvalue weighted by Crippen LogP contribution is 2.29. The summed E-state index contributed by atoms with van der Waals surface area (Å²) in [5.74, 6) is 5.68. The summed E-state index contributed by atoms with van der Waals surface area (Å²) in [6.45, 7) is 2.04. The van der Waals surface area contributed by atoms with E-state index in [0.29, 0.717) is 6.54 Å². The topological polar surface area (TPSA) is 110 Å². The molecule has 0 saturated heterocycles. The number of nitrogens with two attached hydrogens (primary N) is 1. The summed E-state index contributed by atoms with van der Waals surface area (Å²) in [4.78, 5) is 20.5. The molecule has 21 heavy (non-hydrogen) atoms. The molecule has 0 spiro atoms. The first-order valence-electron chi connectivity index (χ1n) is 6.27. The summed E-state index contributed by atoms with van der Waals surface area (Å²) in [7, 11) is 1.74. The van der Waals surface area contributed by atoms with Crippen LogP contribution >= 0.6 is 0 Å². The lowest BCUT2D eigenvalue weighted by atomic mass is 10.2. The third kappa shape index (κ3) is 3.23. The molecule has 1 aromatic heterocycles. The van der Waals surface area contributed by atoms with Gasteiger partial charge in [-0.3, -0.25) is 15.5 Å². The minimum absolute atomic E-state index is 0.118. The number of hydrazine groups is 1. The van der Waals surface area contributed by atoms with E-state index in [2.05, 4.69) is 15.4 Å². The standard InChI is InChI=1S/C13H16N6O2/c1-9-11(19(20)21)12(16-13(15-9)17-14)18(2)8-10-6-4-3-5-7-10/h3-7H,8,14H2,1-2H3,(H,15,16,17). The molecular weight excluding hydrogens is 272 g/mol. The van der Waals surface area contributed by atoms with Gasteiger partial charge in [-0.05, 0) is 12.5 Å². The molecule has 0 amide bonds. The number of rotatable bonds is 5. The number of aryl methyl sites for hydroxylation is 1. The Morgan fingerprint density at radius 2 is 2.00 bits per heavy atom. The summed E-state index contributed by atoms with van der Waals surface area (Å²) in [6, 6.07) is 9.62. The fourth-order valence-electron chi connectivity index (χ4n) is 2.03. The van der Waals surface area contributed by atoms with Crippen LogP contribution in [0.5, 0.6) is 0 Å². The number of nitro groups is 1. The Morgan fingerprint density at radius 3 is 2.57 bits per heavy atom. The van der Waals surface area contributed by atoms with Gasteiger partial charge >= 0.3 is 5.69 Å². The molecule has 0 aliphatic rings. The fourth-order valence-corrected chi connectivity index (χ4v) is 2.03. The van der Waals surface area contributed by atoms with Crippen molar-refractivity contribution >= 4 is 17.5 Å². The van der Waals surface area contributed by atoms with Gasteiger partial charge in [-0.15, -0.1) is 0 Å². The number of anilines is 2. The lowest BCUT2D eigenvalue weighted by Gasteiger charge is -2.19. The van der Waals surface area contributed by atoms with Crippen LogP contribution in [-0.4, -0.2) is 21.9 Å². The maximum Gasteiger partial charge on any atom is 0.332 e. The maximum absolute atomic E-state index is 11.2. The summed E-state index contributed by atoms with van der Waals surface area (Å²) in [6.07, 6.45) is 0. The summed E-state index contributed by atoms with van der Waals surface area (Å²) in [5, 5.41) is 11.2. The molecule has 1 aromatic carbocycles. The number of hydrogen-bond acceptors (Lipinski definition) is 7. The Morgan fingerprint density at radius 1 is 1.33 bits per heavy atom. The molecule has 3 N–H and O–H groups in total. The first-order chi connectivity index (χ1) is 10.0. The van der Waals surface area contributed by atoms with Gasteiger partial charge in [0, 0.05) is 13.6 Å². The molecule has 0 saturated carbocycles. The average molecular weight is 288 g/mol. The van der Waals surface area contributed by atoms with Crippen molar-refractivity contribution in [2.75, 3.05) is 17.4 Å². The van der Waals surface area contributed by atoms with Crippen LogP contribution in [0, 0.1) is 17.0 Å². The van der Waals surface area contributed by atoms with Crippen molar-refractivity contribution in [1.82, 2.24) is 9.97 Å². The van der Waals surface area contributed by atoms with Crippen LogP contribution in [0.25, 0.3) is 0 Å². The number of nitrogen functional groups attached to an aromatic ring is 1. The zero-order chi connectivity index (χ0) is 15.4. The number of nitrogens with zero attached hydrogens (tertiary/aromatic N) is 4. The largest absolute Gasteiger partial charge is 0.349 e. The quantitative estimate of drug-likeness (QED) is 0.488. The highest BCUT2D eigenvalue weighted by atomic mass is 16.6. The van der Waals surface area contributed by atoms with Crippen molar-refractivity contribution in [1.29, 1.82) is 0 Å². The van der Waals surface area contributed by atoms with E-state index in [9.17, 15) is 10.1 Å². The molecular formula is C13H16N6O2. The summed E-state index contributed by atoms with van der Waals surface area (Å²) >= 11 is 0. The van der Waals surface area contributed by atoms with Crippen molar-refractivity contribution in [3.05, 3.63) is 51.7 Å². The van der Waals surface area contributed by atoms with Crippen LogP contribution < -0.4 is 16.2 Å². The Balaban J connectivity index is 2.41. The lowest BCUT2D eigenvalue weighted by Crippen LogP contribution is -2.22. The zero-order valence-electron chi connectivity index (χ0n) is 11.8. The summed E-state index contributed by atoms with van der Waals surface area (Å²) in [5.41, 5.74) is 3.49. The molecule has 0 atom stereocenters. The predicted octanol–water partition coefficient (Wildman–Crippen LogP) is 1.62. The first-order valence-corrected chi connectivity index (χ1v) is 6.27. The van der Waals surface area contributed by atoms with Crippen LogP contribution in [0.4, 0.5) is 17.5 Å². The van der Waals surface area contributed by atoms with E-state index in [1.807, 2.05) is 30.3 Å². The van der Waals surface area contributed by atoms with Crippen molar-refractivity contribution < 1.29 is 4.92 Å². The first kappa shape index (κ1) is 14.7. The van der Waals surface area contributed by atoms with Crippen LogP contribution in [0.3, 0.4) is 0 Å². The fraction of sp³-hybridized carbons (Fsp3) is 0.231. The van der Waals surface area contributed by atoms with E-state index in [1.54, 1.807) is 18.9 Å². The van der Waals surface area contributed by atoms with Crippen molar-refractivity contribution in [3.63, 3.8) is 0 Å². The smallest absolute Gasteiger partial charge is 0.332 e. The van der Waals surface area contributed by atoms with Crippen LogP contribution in [-0.2, 0) is 6.54 Å². The third-order valence-electron chi connectivity index (χ3n) is 2.98. The van der Waals surface area contributed by atoms with Gasteiger partial charge in [-0.25, -0.2) is 10.8 Å². The van der Waals surface area contributed by atoms with Gasteiger partial charge in [0.05, 0.1) is 4.92 Å². The normalized spacial score (nSPS) is 10.2. The number of aromatic nitrogens is 2. The molecule has 0 aliphatic heterocycles. The molecule has 2 aromatic rings. The molecule has 8 heteroatoms. The minimum atomic E-state index is -0.480. The van der Waals surface area contributed by atoms with E-state index in [-0.39, 0.29) is 23.1 Å². The van der Waals surface area contributed by atoms with E-state index in [0.717, 1.165) is 5.56 Å². The summed E-state index contributed by atoms with van der Waals surface area (Å²) < 4.78 is 0. The van der Waals surface area contributed by atoms with E-state index in [1.165, 1.54) is 0 Å². The molecule has 1 heterocycles. The van der Waals surface area contributed by atoms with E-state index >= 15 is 0 Å². The number of benzene rings is 1. The van der Waals surface area contributed by atoms with Crippen LogP contribution in [0.15, 0.2) is 30.3 Å². The Bertz CT molecular complexity index is 647. The average Bonchev–Trinajstić information content (AvgIpc) is 2.46. The molecule has 0 bridgehead atoms. The monoisotopic (exact) mass is 288 g/mol. The van der Waals surface area contributed by atoms with Crippen LogP contribution in [0.1, 0.15) is 11.3 Å². The molecule has 0 aliphatic carbocycles. The molecule has 0 fully saturated rings. The number of hydrogen-bond donors (Lipinski definition) is 2. The molecule has 0 radical (unpaired) electrons.